The fourth-order valence-corrected chi connectivity index (χ4v) is 1.98. The van der Waals surface area contributed by atoms with Gasteiger partial charge in [0.2, 0.25) is 0 Å². The van der Waals surface area contributed by atoms with Crippen molar-refractivity contribution in [2.75, 3.05) is 11.9 Å². The first kappa shape index (κ1) is 14.3. The molecule has 104 valence electrons. The van der Waals surface area contributed by atoms with Gasteiger partial charge in [-0.2, -0.15) is 0 Å². The summed E-state index contributed by atoms with van der Waals surface area (Å²) in [5.41, 5.74) is 2.18. The zero-order chi connectivity index (χ0) is 14.5. The number of pyridine rings is 1. The minimum Gasteiger partial charge on any atom is -0.484 e. The van der Waals surface area contributed by atoms with Gasteiger partial charge in [0.1, 0.15) is 5.75 Å². The van der Waals surface area contributed by atoms with E-state index in [-0.39, 0.29) is 12.5 Å². The Morgan fingerprint density at radius 1 is 1.30 bits per heavy atom. The minimum absolute atomic E-state index is 0.0875. The number of carbonyl (C=O) groups excluding carboxylic acids is 1. The van der Waals surface area contributed by atoms with E-state index in [1.807, 2.05) is 32.0 Å². The summed E-state index contributed by atoms with van der Waals surface area (Å²) >= 11 is 5.91. The van der Waals surface area contributed by atoms with Crippen molar-refractivity contribution in [3.8, 4) is 5.75 Å². The standard InChI is InChI=1S/C15H15ClN2O2/c1-10-6-11(2)8-12(7-10)20-9-14(19)18-15-13(16)4-3-5-17-15/h3-8H,9H2,1-2H3,(H,17,18,19). The molecular weight excluding hydrogens is 276 g/mol. The summed E-state index contributed by atoms with van der Waals surface area (Å²) in [6, 6.07) is 9.17. The van der Waals surface area contributed by atoms with E-state index in [4.69, 9.17) is 16.3 Å². The third kappa shape index (κ3) is 3.96. The van der Waals surface area contributed by atoms with E-state index < -0.39 is 0 Å². The molecule has 0 saturated carbocycles. The highest BCUT2D eigenvalue weighted by molar-refractivity contribution is 6.33. The van der Waals surface area contributed by atoms with Crippen LogP contribution >= 0.6 is 11.6 Å². The number of ether oxygens (including phenoxy) is 1. The Kier molecular flexibility index (Phi) is 4.58. The van der Waals surface area contributed by atoms with Gasteiger partial charge >= 0.3 is 0 Å². The molecule has 0 spiro atoms. The second-order valence-corrected chi connectivity index (χ2v) is 4.90. The molecule has 5 heteroatoms. The molecule has 1 aromatic heterocycles. The Morgan fingerprint density at radius 3 is 2.65 bits per heavy atom. The summed E-state index contributed by atoms with van der Waals surface area (Å²) in [4.78, 5) is 15.8. The van der Waals surface area contributed by atoms with Crippen molar-refractivity contribution in [1.29, 1.82) is 0 Å². The number of rotatable bonds is 4. The molecule has 0 unspecified atom stereocenters. The monoisotopic (exact) mass is 290 g/mol. The number of carbonyl (C=O) groups is 1. The van der Waals surface area contributed by atoms with E-state index in [2.05, 4.69) is 10.3 Å². The van der Waals surface area contributed by atoms with Gasteiger partial charge in [0, 0.05) is 6.20 Å². The van der Waals surface area contributed by atoms with E-state index in [9.17, 15) is 4.79 Å². The van der Waals surface area contributed by atoms with Gasteiger partial charge < -0.3 is 10.1 Å². The minimum atomic E-state index is -0.301. The predicted octanol–water partition coefficient (Wildman–Crippen LogP) is 3.37. The number of hydrogen-bond donors (Lipinski definition) is 1. The fraction of sp³-hybridized carbons (Fsp3) is 0.200. The molecular formula is C15H15ClN2O2. The fourth-order valence-electron chi connectivity index (χ4n) is 1.81. The molecule has 1 N–H and O–H groups in total. The van der Waals surface area contributed by atoms with Crippen LogP contribution in [0.25, 0.3) is 0 Å². The van der Waals surface area contributed by atoms with Gasteiger partial charge in [-0.25, -0.2) is 4.98 Å². The summed E-state index contributed by atoms with van der Waals surface area (Å²) in [5.74, 6) is 0.706. The molecule has 0 fully saturated rings. The van der Waals surface area contributed by atoms with Crippen LogP contribution in [0.15, 0.2) is 36.5 Å². The van der Waals surface area contributed by atoms with Crippen molar-refractivity contribution in [2.45, 2.75) is 13.8 Å². The smallest absolute Gasteiger partial charge is 0.263 e. The van der Waals surface area contributed by atoms with Crippen LogP contribution in [-0.4, -0.2) is 17.5 Å². The molecule has 2 aromatic rings. The van der Waals surface area contributed by atoms with E-state index in [1.165, 1.54) is 0 Å². The van der Waals surface area contributed by atoms with Gasteiger partial charge in [-0.05, 0) is 49.2 Å². The summed E-state index contributed by atoms with van der Waals surface area (Å²) in [6.07, 6.45) is 1.56. The van der Waals surface area contributed by atoms with Gasteiger partial charge in [-0.3, -0.25) is 4.79 Å². The maximum Gasteiger partial charge on any atom is 0.263 e. The summed E-state index contributed by atoms with van der Waals surface area (Å²) in [5, 5.41) is 3.00. The summed E-state index contributed by atoms with van der Waals surface area (Å²) in [6.45, 7) is 3.87. The highest BCUT2D eigenvalue weighted by atomic mass is 35.5. The quantitative estimate of drug-likeness (QED) is 0.939. The third-order valence-electron chi connectivity index (χ3n) is 2.58. The maximum atomic E-state index is 11.8. The molecule has 2 rings (SSSR count). The van der Waals surface area contributed by atoms with Crippen LogP contribution in [0, 0.1) is 13.8 Å². The number of aryl methyl sites for hydroxylation is 2. The lowest BCUT2D eigenvalue weighted by molar-refractivity contribution is -0.118. The second kappa shape index (κ2) is 6.39. The average molecular weight is 291 g/mol. The molecule has 4 nitrogen and oxygen atoms in total. The zero-order valence-corrected chi connectivity index (χ0v) is 12.1. The molecule has 0 aliphatic rings. The van der Waals surface area contributed by atoms with Crippen LogP contribution < -0.4 is 10.1 Å². The highest BCUT2D eigenvalue weighted by Crippen LogP contribution is 2.18. The van der Waals surface area contributed by atoms with Crippen molar-refractivity contribution < 1.29 is 9.53 Å². The lowest BCUT2D eigenvalue weighted by Crippen LogP contribution is -2.21. The molecule has 0 saturated heterocycles. The maximum absolute atomic E-state index is 11.8. The Balaban J connectivity index is 1.94. The molecule has 0 bridgehead atoms. The van der Waals surface area contributed by atoms with Gasteiger partial charge in [-0.1, -0.05) is 17.7 Å². The summed E-state index contributed by atoms with van der Waals surface area (Å²) < 4.78 is 5.46. The molecule has 0 atom stereocenters. The number of halogens is 1. The van der Waals surface area contributed by atoms with E-state index in [1.54, 1.807) is 18.3 Å². The lowest BCUT2D eigenvalue weighted by Gasteiger charge is -2.09. The van der Waals surface area contributed by atoms with Crippen molar-refractivity contribution >= 4 is 23.3 Å². The molecule has 0 aliphatic carbocycles. The first-order valence-corrected chi connectivity index (χ1v) is 6.54. The lowest BCUT2D eigenvalue weighted by atomic mass is 10.1. The highest BCUT2D eigenvalue weighted by Gasteiger charge is 2.07. The van der Waals surface area contributed by atoms with Crippen molar-refractivity contribution in [3.05, 3.63) is 52.7 Å². The molecule has 1 aromatic carbocycles. The third-order valence-corrected chi connectivity index (χ3v) is 2.89. The number of benzene rings is 1. The topological polar surface area (TPSA) is 51.2 Å². The number of nitrogens with one attached hydrogen (secondary N) is 1. The van der Waals surface area contributed by atoms with Crippen molar-refractivity contribution in [1.82, 2.24) is 4.98 Å². The zero-order valence-electron chi connectivity index (χ0n) is 11.3. The second-order valence-electron chi connectivity index (χ2n) is 4.49. The van der Waals surface area contributed by atoms with Crippen LogP contribution in [-0.2, 0) is 4.79 Å². The SMILES string of the molecule is Cc1cc(C)cc(OCC(=O)Nc2ncccc2Cl)c1. The van der Waals surface area contributed by atoms with E-state index in [0.29, 0.717) is 16.6 Å². The van der Waals surface area contributed by atoms with Crippen LogP contribution in [0.5, 0.6) is 5.75 Å². The van der Waals surface area contributed by atoms with Crippen molar-refractivity contribution in [3.63, 3.8) is 0 Å². The van der Waals surface area contributed by atoms with Gasteiger partial charge in [0.25, 0.3) is 5.91 Å². The normalized spacial score (nSPS) is 10.2. The number of nitrogens with zero attached hydrogens (tertiary/aromatic N) is 1. The first-order chi connectivity index (χ1) is 9.54. The Morgan fingerprint density at radius 2 is 2.00 bits per heavy atom. The van der Waals surface area contributed by atoms with Gasteiger partial charge in [-0.15, -0.1) is 0 Å². The first-order valence-electron chi connectivity index (χ1n) is 6.16. The van der Waals surface area contributed by atoms with E-state index in [0.717, 1.165) is 11.1 Å². The Hall–Kier alpha value is -2.07. The van der Waals surface area contributed by atoms with Crippen LogP contribution in [0.4, 0.5) is 5.82 Å². The molecule has 0 radical (unpaired) electrons. The Labute approximate surface area is 122 Å². The molecule has 20 heavy (non-hydrogen) atoms. The Bertz CT molecular complexity index is 609. The van der Waals surface area contributed by atoms with Crippen LogP contribution in [0.3, 0.4) is 0 Å². The molecule has 1 heterocycles. The van der Waals surface area contributed by atoms with Crippen LogP contribution in [0.2, 0.25) is 5.02 Å². The molecule has 0 aliphatic heterocycles. The van der Waals surface area contributed by atoms with Crippen LogP contribution in [0.1, 0.15) is 11.1 Å². The summed E-state index contributed by atoms with van der Waals surface area (Å²) in [7, 11) is 0. The number of hydrogen-bond acceptors (Lipinski definition) is 3. The largest absolute Gasteiger partial charge is 0.484 e. The number of anilines is 1. The molecule has 1 amide bonds. The number of aromatic nitrogens is 1. The average Bonchev–Trinajstić information content (AvgIpc) is 2.38. The number of amides is 1. The van der Waals surface area contributed by atoms with Gasteiger partial charge in [0.15, 0.2) is 12.4 Å². The van der Waals surface area contributed by atoms with E-state index >= 15 is 0 Å². The predicted molar refractivity (Wildman–Crippen MR) is 79.3 cm³/mol. The van der Waals surface area contributed by atoms with Gasteiger partial charge in [0.05, 0.1) is 5.02 Å². The van der Waals surface area contributed by atoms with Crippen molar-refractivity contribution in [2.24, 2.45) is 0 Å².